The van der Waals surface area contributed by atoms with E-state index in [-0.39, 0.29) is 6.42 Å². The zero-order valence-corrected chi connectivity index (χ0v) is 17.4. The van der Waals surface area contributed by atoms with E-state index < -0.39 is 17.5 Å². The number of aliphatic hydroxyl groups is 1. The standard InChI is InChI=1S/C25H25ClFNO2/c26-22-12-7-13-23(27)21(22)16-25(29,20-10-5-2-6-11-20)24-18-28(14-15-30-24)17-19-8-3-1-4-9-19/h1-13,24,29H,14-18H2. The molecule has 1 saturated heterocycles. The van der Waals surface area contributed by atoms with E-state index in [1.807, 2.05) is 48.5 Å². The molecular formula is C25H25ClFNO2. The van der Waals surface area contributed by atoms with Crippen molar-refractivity contribution in [2.24, 2.45) is 0 Å². The normalized spacial score (nSPS) is 19.4. The Morgan fingerprint density at radius 3 is 2.40 bits per heavy atom. The fourth-order valence-electron chi connectivity index (χ4n) is 4.08. The van der Waals surface area contributed by atoms with Crippen molar-refractivity contribution in [3.05, 3.63) is 106 Å². The summed E-state index contributed by atoms with van der Waals surface area (Å²) in [6.07, 6.45) is -0.486. The summed E-state index contributed by atoms with van der Waals surface area (Å²) in [5.41, 5.74) is 0.784. The van der Waals surface area contributed by atoms with Crippen molar-refractivity contribution in [1.29, 1.82) is 0 Å². The summed E-state index contributed by atoms with van der Waals surface area (Å²) in [5.74, 6) is -0.422. The molecule has 0 amide bonds. The van der Waals surface area contributed by atoms with Gasteiger partial charge in [-0.3, -0.25) is 4.90 Å². The summed E-state index contributed by atoms with van der Waals surface area (Å²) < 4.78 is 20.6. The van der Waals surface area contributed by atoms with Crippen LogP contribution < -0.4 is 0 Å². The number of rotatable bonds is 6. The minimum atomic E-state index is -1.41. The average Bonchev–Trinajstić information content (AvgIpc) is 2.78. The van der Waals surface area contributed by atoms with Crippen LogP contribution in [0.4, 0.5) is 4.39 Å². The van der Waals surface area contributed by atoms with Crippen LogP contribution in [0.2, 0.25) is 5.02 Å². The Morgan fingerprint density at radius 2 is 1.70 bits per heavy atom. The molecule has 30 heavy (non-hydrogen) atoms. The van der Waals surface area contributed by atoms with Crippen LogP contribution in [0.3, 0.4) is 0 Å². The molecule has 3 nitrogen and oxygen atoms in total. The highest BCUT2D eigenvalue weighted by Crippen LogP contribution is 2.36. The lowest BCUT2D eigenvalue weighted by Crippen LogP contribution is -2.53. The summed E-state index contributed by atoms with van der Waals surface area (Å²) in [6.45, 7) is 2.58. The Balaban J connectivity index is 1.64. The van der Waals surface area contributed by atoms with Crippen molar-refractivity contribution in [3.8, 4) is 0 Å². The SMILES string of the molecule is OC(Cc1c(F)cccc1Cl)(c1ccccc1)C1CN(Cc2ccccc2)CCO1. The minimum Gasteiger partial charge on any atom is -0.382 e. The van der Waals surface area contributed by atoms with Gasteiger partial charge in [0, 0.05) is 36.6 Å². The van der Waals surface area contributed by atoms with Crippen molar-refractivity contribution >= 4 is 11.6 Å². The van der Waals surface area contributed by atoms with E-state index in [4.69, 9.17) is 16.3 Å². The molecule has 0 radical (unpaired) electrons. The second-order valence-electron chi connectivity index (χ2n) is 7.75. The highest BCUT2D eigenvalue weighted by atomic mass is 35.5. The van der Waals surface area contributed by atoms with Crippen LogP contribution in [0.15, 0.2) is 78.9 Å². The highest BCUT2D eigenvalue weighted by Gasteiger charge is 2.43. The summed E-state index contributed by atoms with van der Waals surface area (Å²) in [7, 11) is 0. The van der Waals surface area contributed by atoms with Gasteiger partial charge in [-0.05, 0) is 23.3 Å². The van der Waals surface area contributed by atoms with Crippen molar-refractivity contribution < 1.29 is 14.2 Å². The van der Waals surface area contributed by atoms with E-state index in [0.717, 1.165) is 13.1 Å². The van der Waals surface area contributed by atoms with Crippen molar-refractivity contribution in [2.75, 3.05) is 19.7 Å². The molecular weight excluding hydrogens is 401 g/mol. The molecule has 1 heterocycles. The Hall–Kier alpha value is -2.24. The maximum Gasteiger partial charge on any atom is 0.128 e. The molecule has 0 bridgehead atoms. The monoisotopic (exact) mass is 425 g/mol. The summed E-state index contributed by atoms with van der Waals surface area (Å²) in [4.78, 5) is 2.26. The molecule has 3 aromatic rings. The summed E-state index contributed by atoms with van der Waals surface area (Å²) >= 11 is 6.30. The van der Waals surface area contributed by atoms with Gasteiger partial charge in [0.2, 0.25) is 0 Å². The van der Waals surface area contributed by atoms with Gasteiger partial charge in [0.15, 0.2) is 0 Å². The average molecular weight is 426 g/mol. The van der Waals surface area contributed by atoms with Gasteiger partial charge in [-0.25, -0.2) is 4.39 Å². The summed E-state index contributed by atoms with van der Waals surface area (Å²) in [5, 5.41) is 12.2. The van der Waals surface area contributed by atoms with E-state index in [9.17, 15) is 9.50 Å². The molecule has 0 aliphatic carbocycles. The largest absolute Gasteiger partial charge is 0.382 e. The predicted octanol–water partition coefficient (Wildman–Crippen LogP) is 4.81. The van der Waals surface area contributed by atoms with Gasteiger partial charge in [-0.15, -0.1) is 0 Å². The first kappa shape index (κ1) is 21.0. The molecule has 1 aliphatic rings. The van der Waals surface area contributed by atoms with E-state index in [1.54, 1.807) is 12.1 Å². The molecule has 156 valence electrons. The number of hydrogen-bond acceptors (Lipinski definition) is 3. The van der Waals surface area contributed by atoms with Crippen molar-refractivity contribution in [1.82, 2.24) is 4.90 Å². The smallest absolute Gasteiger partial charge is 0.128 e. The van der Waals surface area contributed by atoms with Crippen LogP contribution in [0.25, 0.3) is 0 Å². The third-order valence-corrected chi connectivity index (χ3v) is 6.07. The van der Waals surface area contributed by atoms with Gasteiger partial charge in [0.1, 0.15) is 17.5 Å². The van der Waals surface area contributed by atoms with E-state index in [1.165, 1.54) is 11.6 Å². The first-order chi connectivity index (χ1) is 14.6. The second-order valence-corrected chi connectivity index (χ2v) is 8.15. The zero-order valence-electron chi connectivity index (χ0n) is 16.7. The van der Waals surface area contributed by atoms with Crippen molar-refractivity contribution in [3.63, 3.8) is 0 Å². The van der Waals surface area contributed by atoms with Crippen LogP contribution in [0, 0.1) is 5.82 Å². The Bertz CT molecular complexity index is 949. The van der Waals surface area contributed by atoms with Gasteiger partial charge in [0.25, 0.3) is 0 Å². The molecule has 1 fully saturated rings. The lowest BCUT2D eigenvalue weighted by atomic mass is 9.81. The number of hydrogen-bond donors (Lipinski definition) is 1. The van der Waals surface area contributed by atoms with Gasteiger partial charge >= 0.3 is 0 Å². The first-order valence-electron chi connectivity index (χ1n) is 10.1. The molecule has 2 atom stereocenters. The lowest BCUT2D eigenvalue weighted by molar-refractivity contribution is -0.150. The number of benzene rings is 3. The van der Waals surface area contributed by atoms with E-state index in [0.29, 0.717) is 29.3 Å². The quantitative estimate of drug-likeness (QED) is 0.615. The molecule has 0 saturated carbocycles. The summed E-state index contributed by atoms with van der Waals surface area (Å²) in [6, 6.07) is 24.2. The maximum atomic E-state index is 14.6. The zero-order chi connectivity index (χ0) is 21.0. The van der Waals surface area contributed by atoms with Crippen LogP contribution in [-0.4, -0.2) is 35.8 Å². The molecule has 1 N–H and O–H groups in total. The number of ether oxygens (including phenoxy) is 1. The highest BCUT2D eigenvalue weighted by molar-refractivity contribution is 6.31. The number of nitrogens with zero attached hydrogens (tertiary/aromatic N) is 1. The number of morpholine rings is 1. The van der Waals surface area contributed by atoms with E-state index >= 15 is 0 Å². The molecule has 5 heteroatoms. The van der Waals surface area contributed by atoms with Crippen LogP contribution in [0.5, 0.6) is 0 Å². The Morgan fingerprint density at radius 1 is 1.00 bits per heavy atom. The first-order valence-corrected chi connectivity index (χ1v) is 10.5. The fraction of sp³-hybridized carbons (Fsp3) is 0.280. The van der Waals surface area contributed by atoms with Gasteiger partial charge in [-0.1, -0.05) is 78.3 Å². The van der Waals surface area contributed by atoms with E-state index in [2.05, 4.69) is 17.0 Å². The molecule has 2 unspecified atom stereocenters. The maximum absolute atomic E-state index is 14.6. The van der Waals surface area contributed by atoms with Crippen LogP contribution >= 0.6 is 11.6 Å². The van der Waals surface area contributed by atoms with Crippen molar-refractivity contribution in [2.45, 2.75) is 24.7 Å². The third-order valence-electron chi connectivity index (χ3n) is 5.71. The van der Waals surface area contributed by atoms with Gasteiger partial charge < -0.3 is 9.84 Å². The molecule has 3 aromatic carbocycles. The van der Waals surface area contributed by atoms with Gasteiger partial charge in [0.05, 0.1) is 6.61 Å². The Labute approximate surface area is 181 Å². The molecule has 0 aromatic heterocycles. The minimum absolute atomic E-state index is 0.0341. The Kier molecular flexibility index (Phi) is 6.49. The topological polar surface area (TPSA) is 32.7 Å². The van der Waals surface area contributed by atoms with Crippen LogP contribution in [-0.2, 0) is 23.3 Å². The third kappa shape index (κ3) is 4.57. The molecule has 0 spiro atoms. The second kappa shape index (κ2) is 9.27. The molecule has 1 aliphatic heterocycles. The fourth-order valence-corrected chi connectivity index (χ4v) is 4.31. The number of halogens is 2. The molecule has 4 rings (SSSR count). The van der Waals surface area contributed by atoms with Gasteiger partial charge in [-0.2, -0.15) is 0 Å². The van der Waals surface area contributed by atoms with Crippen LogP contribution in [0.1, 0.15) is 16.7 Å². The lowest BCUT2D eigenvalue weighted by Gasteiger charge is -2.42. The predicted molar refractivity (Wildman–Crippen MR) is 117 cm³/mol.